The first kappa shape index (κ1) is 16.7. The van der Waals surface area contributed by atoms with Crippen LogP contribution in [-0.2, 0) is 11.3 Å². The van der Waals surface area contributed by atoms with E-state index in [0.29, 0.717) is 12.6 Å². The zero-order chi connectivity index (χ0) is 16.2. The van der Waals surface area contributed by atoms with Gasteiger partial charge >= 0.3 is 6.09 Å². The van der Waals surface area contributed by atoms with E-state index in [4.69, 9.17) is 4.74 Å². The SMILES string of the molecule is Cc1ccc(CNCCN(C(=O)OC(C)(C)C)C2CC2)cn1. The van der Waals surface area contributed by atoms with Gasteiger partial charge in [0, 0.05) is 37.6 Å². The number of aryl methyl sites for hydroxylation is 1. The number of ether oxygens (including phenoxy) is 1. The molecule has 122 valence electrons. The summed E-state index contributed by atoms with van der Waals surface area (Å²) in [5.41, 5.74) is 1.74. The Labute approximate surface area is 133 Å². The zero-order valence-electron chi connectivity index (χ0n) is 14.1. The minimum Gasteiger partial charge on any atom is -0.444 e. The highest BCUT2D eigenvalue weighted by molar-refractivity contribution is 5.69. The third kappa shape index (κ3) is 5.64. The fraction of sp³-hybridized carbons (Fsp3) is 0.647. The third-order valence-electron chi connectivity index (χ3n) is 3.45. The van der Waals surface area contributed by atoms with Gasteiger partial charge in [0.1, 0.15) is 5.60 Å². The largest absolute Gasteiger partial charge is 0.444 e. The van der Waals surface area contributed by atoms with Gasteiger partial charge in [0.15, 0.2) is 0 Å². The molecule has 1 aromatic heterocycles. The predicted molar refractivity (Wildman–Crippen MR) is 86.6 cm³/mol. The molecule has 1 heterocycles. The monoisotopic (exact) mass is 305 g/mol. The topological polar surface area (TPSA) is 54.5 Å². The van der Waals surface area contributed by atoms with Crippen LogP contribution < -0.4 is 5.32 Å². The first-order valence-corrected chi connectivity index (χ1v) is 7.97. The molecule has 0 radical (unpaired) electrons. The number of nitrogens with zero attached hydrogens (tertiary/aromatic N) is 2. The summed E-state index contributed by atoms with van der Waals surface area (Å²) >= 11 is 0. The van der Waals surface area contributed by atoms with E-state index in [-0.39, 0.29) is 6.09 Å². The molecule has 0 unspecified atom stereocenters. The number of amides is 1. The van der Waals surface area contributed by atoms with Crippen molar-refractivity contribution < 1.29 is 9.53 Å². The number of aromatic nitrogens is 1. The van der Waals surface area contributed by atoms with Crippen LogP contribution in [0.15, 0.2) is 18.3 Å². The molecule has 5 heteroatoms. The number of hydrogen-bond acceptors (Lipinski definition) is 4. The Balaban J connectivity index is 1.75. The maximum atomic E-state index is 12.2. The van der Waals surface area contributed by atoms with E-state index in [0.717, 1.165) is 37.2 Å². The Bertz CT molecular complexity index is 490. The van der Waals surface area contributed by atoms with Crippen LogP contribution in [-0.4, -0.2) is 40.7 Å². The summed E-state index contributed by atoms with van der Waals surface area (Å²) in [6.07, 6.45) is 3.85. The summed E-state index contributed by atoms with van der Waals surface area (Å²) < 4.78 is 5.48. The summed E-state index contributed by atoms with van der Waals surface area (Å²) in [5.74, 6) is 0. The minimum absolute atomic E-state index is 0.200. The van der Waals surface area contributed by atoms with Gasteiger partial charge in [-0.15, -0.1) is 0 Å². The van der Waals surface area contributed by atoms with Crippen LogP contribution in [0, 0.1) is 6.92 Å². The lowest BCUT2D eigenvalue weighted by Crippen LogP contribution is -2.41. The lowest BCUT2D eigenvalue weighted by atomic mass is 10.2. The van der Waals surface area contributed by atoms with E-state index in [1.165, 1.54) is 0 Å². The van der Waals surface area contributed by atoms with Crippen LogP contribution in [0.4, 0.5) is 4.79 Å². The summed E-state index contributed by atoms with van der Waals surface area (Å²) in [6.45, 7) is 9.88. The van der Waals surface area contributed by atoms with Crippen LogP contribution in [0.5, 0.6) is 0 Å². The molecule has 22 heavy (non-hydrogen) atoms. The Hall–Kier alpha value is -1.62. The van der Waals surface area contributed by atoms with Crippen molar-refractivity contribution in [1.29, 1.82) is 0 Å². The minimum atomic E-state index is -0.439. The van der Waals surface area contributed by atoms with Gasteiger partial charge in [0.2, 0.25) is 0 Å². The van der Waals surface area contributed by atoms with Gasteiger partial charge in [0.05, 0.1) is 0 Å². The van der Waals surface area contributed by atoms with E-state index < -0.39 is 5.60 Å². The highest BCUT2D eigenvalue weighted by atomic mass is 16.6. The quantitative estimate of drug-likeness (QED) is 0.821. The van der Waals surface area contributed by atoms with Crippen molar-refractivity contribution in [2.45, 2.75) is 58.7 Å². The molecular weight excluding hydrogens is 278 g/mol. The fourth-order valence-electron chi connectivity index (χ4n) is 2.16. The van der Waals surface area contributed by atoms with Gasteiger partial charge in [-0.05, 0) is 52.2 Å². The molecule has 1 aliphatic carbocycles. The maximum absolute atomic E-state index is 12.2. The summed E-state index contributed by atoms with van der Waals surface area (Å²) in [5, 5.41) is 3.36. The molecule has 2 rings (SSSR count). The van der Waals surface area contributed by atoms with Crippen molar-refractivity contribution in [3.63, 3.8) is 0 Å². The average Bonchev–Trinajstić information content (AvgIpc) is 3.23. The van der Waals surface area contributed by atoms with E-state index in [9.17, 15) is 4.79 Å². The highest BCUT2D eigenvalue weighted by Gasteiger charge is 2.34. The van der Waals surface area contributed by atoms with Gasteiger partial charge < -0.3 is 15.0 Å². The second-order valence-corrected chi connectivity index (χ2v) is 6.89. The number of nitrogens with one attached hydrogen (secondary N) is 1. The van der Waals surface area contributed by atoms with Gasteiger partial charge in [-0.1, -0.05) is 6.07 Å². The van der Waals surface area contributed by atoms with Gasteiger partial charge in [-0.25, -0.2) is 4.79 Å². The predicted octanol–water partition coefficient (Wildman–Crippen LogP) is 2.88. The molecule has 0 aliphatic heterocycles. The molecule has 1 amide bonds. The van der Waals surface area contributed by atoms with E-state index in [1.54, 1.807) is 0 Å². The van der Waals surface area contributed by atoms with Crippen molar-refractivity contribution in [2.75, 3.05) is 13.1 Å². The Morgan fingerprint density at radius 1 is 1.41 bits per heavy atom. The third-order valence-corrected chi connectivity index (χ3v) is 3.45. The molecule has 0 aromatic carbocycles. The maximum Gasteiger partial charge on any atom is 0.410 e. The van der Waals surface area contributed by atoms with Gasteiger partial charge in [-0.3, -0.25) is 4.98 Å². The molecule has 0 saturated heterocycles. The fourth-order valence-corrected chi connectivity index (χ4v) is 2.16. The second kappa shape index (κ2) is 7.09. The van der Waals surface area contributed by atoms with E-state index in [2.05, 4.69) is 16.4 Å². The molecule has 1 aliphatic rings. The van der Waals surface area contributed by atoms with Crippen LogP contribution in [0.3, 0.4) is 0 Å². The highest BCUT2D eigenvalue weighted by Crippen LogP contribution is 2.28. The molecular formula is C17H27N3O2. The van der Waals surface area contributed by atoms with E-state index >= 15 is 0 Å². The molecule has 0 spiro atoms. The molecule has 0 bridgehead atoms. The Morgan fingerprint density at radius 3 is 2.68 bits per heavy atom. The van der Waals surface area contributed by atoms with Crippen molar-refractivity contribution >= 4 is 6.09 Å². The molecule has 1 fully saturated rings. The number of carbonyl (C=O) groups is 1. The van der Waals surface area contributed by atoms with E-state index in [1.807, 2.05) is 44.9 Å². The second-order valence-electron chi connectivity index (χ2n) is 6.89. The molecule has 0 atom stereocenters. The average molecular weight is 305 g/mol. The molecule has 1 N–H and O–H groups in total. The van der Waals surface area contributed by atoms with Crippen LogP contribution >= 0.6 is 0 Å². The van der Waals surface area contributed by atoms with Crippen molar-refractivity contribution in [3.8, 4) is 0 Å². The first-order valence-electron chi connectivity index (χ1n) is 7.97. The summed E-state index contributed by atoms with van der Waals surface area (Å²) in [6, 6.07) is 4.44. The number of carbonyl (C=O) groups excluding carboxylic acids is 1. The number of rotatable bonds is 6. The van der Waals surface area contributed by atoms with Crippen LogP contribution in [0.25, 0.3) is 0 Å². The molecule has 1 saturated carbocycles. The number of hydrogen-bond donors (Lipinski definition) is 1. The normalized spacial score (nSPS) is 14.7. The van der Waals surface area contributed by atoms with Crippen LogP contribution in [0.2, 0.25) is 0 Å². The van der Waals surface area contributed by atoms with Crippen molar-refractivity contribution in [3.05, 3.63) is 29.6 Å². The first-order chi connectivity index (χ1) is 10.3. The standard InChI is InChI=1S/C17H27N3O2/c1-13-5-6-14(12-19-13)11-18-9-10-20(15-7-8-15)16(21)22-17(2,3)4/h5-6,12,15,18H,7-11H2,1-4H3. The van der Waals surface area contributed by atoms with Gasteiger partial charge in [0.25, 0.3) is 0 Å². The lowest BCUT2D eigenvalue weighted by molar-refractivity contribution is 0.0236. The lowest BCUT2D eigenvalue weighted by Gasteiger charge is -2.27. The summed E-state index contributed by atoms with van der Waals surface area (Å²) in [7, 11) is 0. The van der Waals surface area contributed by atoms with Crippen LogP contribution in [0.1, 0.15) is 44.9 Å². The van der Waals surface area contributed by atoms with Gasteiger partial charge in [-0.2, -0.15) is 0 Å². The summed E-state index contributed by atoms with van der Waals surface area (Å²) in [4.78, 5) is 18.3. The van der Waals surface area contributed by atoms with Crippen molar-refractivity contribution in [1.82, 2.24) is 15.2 Å². The molecule has 5 nitrogen and oxygen atoms in total. The Kier molecular flexibility index (Phi) is 5.40. The van der Waals surface area contributed by atoms with Crippen molar-refractivity contribution in [2.24, 2.45) is 0 Å². The molecule has 1 aromatic rings. The zero-order valence-corrected chi connectivity index (χ0v) is 14.1. The smallest absolute Gasteiger partial charge is 0.410 e. The number of pyridine rings is 1. The Morgan fingerprint density at radius 2 is 2.14 bits per heavy atom.